The molecule has 0 amide bonds. The highest BCUT2D eigenvalue weighted by Gasteiger charge is 2.38. The number of nitrogens with zero attached hydrogens (tertiary/aromatic N) is 3. The van der Waals surface area contributed by atoms with E-state index in [1.165, 1.54) is 0 Å². The van der Waals surface area contributed by atoms with E-state index in [0.29, 0.717) is 42.8 Å². The minimum atomic E-state index is -5.08. The molecule has 0 bridgehead atoms. The number of carbonyl (C=O) groups excluding carboxylic acids is 1. The second-order valence-corrected chi connectivity index (χ2v) is 8.95. The molecule has 2 rings (SSSR count). The van der Waals surface area contributed by atoms with E-state index in [2.05, 4.69) is 18.7 Å². The van der Waals surface area contributed by atoms with Crippen LogP contribution in [0.4, 0.5) is 13.2 Å². The van der Waals surface area contributed by atoms with E-state index in [4.69, 9.17) is 24.5 Å². The number of likely N-dealkylation sites (N-methyl/N-ethyl adjacent to an activating group) is 1. The van der Waals surface area contributed by atoms with Crippen molar-refractivity contribution in [3.8, 4) is 17.0 Å². The van der Waals surface area contributed by atoms with Crippen LogP contribution < -0.4 is 4.74 Å². The van der Waals surface area contributed by atoms with E-state index in [1.807, 2.05) is 63.7 Å². The molecule has 0 saturated carbocycles. The Morgan fingerprint density at radius 1 is 1.17 bits per heavy atom. The highest BCUT2D eigenvalue weighted by Crippen LogP contribution is 2.33. The summed E-state index contributed by atoms with van der Waals surface area (Å²) in [6, 6.07) is 8.04. The Kier molecular flexibility index (Phi) is 10.8. The molecule has 196 valence electrons. The number of ether oxygens (including phenoxy) is 2. The van der Waals surface area contributed by atoms with Gasteiger partial charge in [0.2, 0.25) is 0 Å². The Bertz CT molecular complexity index is 982. The number of carboxylic acids is 1. The van der Waals surface area contributed by atoms with Crippen LogP contribution in [-0.4, -0.2) is 70.7 Å². The highest BCUT2D eigenvalue weighted by molar-refractivity contribution is 5.96. The maximum absolute atomic E-state index is 12.9. The number of aliphatic carboxylic acids is 1. The molecule has 35 heavy (non-hydrogen) atoms. The maximum Gasteiger partial charge on any atom is 0.490 e. The van der Waals surface area contributed by atoms with Crippen molar-refractivity contribution in [2.75, 3.05) is 26.8 Å². The molecule has 0 spiro atoms. The van der Waals surface area contributed by atoms with Gasteiger partial charge in [-0.3, -0.25) is 4.68 Å². The molecular weight excluding hydrogens is 467 g/mol. The van der Waals surface area contributed by atoms with Gasteiger partial charge in [0, 0.05) is 24.3 Å². The van der Waals surface area contributed by atoms with Gasteiger partial charge < -0.3 is 19.5 Å². The summed E-state index contributed by atoms with van der Waals surface area (Å²) in [7, 11) is 2.01. The predicted molar refractivity (Wildman–Crippen MR) is 126 cm³/mol. The fourth-order valence-corrected chi connectivity index (χ4v) is 2.63. The molecule has 0 saturated heterocycles. The van der Waals surface area contributed by atoms with Gasteiger partial charge in [0.15, 0.2) is 0 Å². The van der Waals surface area contributed by atoms with Crippen molar-refractivity contribution in [2.24, 2.45) is 0 Å². The van der Waals surface area contributed by atoms with Crippen molar-refractivity contribution in [3.05, 3.63) is 36.0 Å². The fourth-order valence-electron chi connectivity index (χ4n) is 2.63. The summed E-state index contributed by atoms with van der Waals surface area (Å²) in [5.74, 6) is -2.42. The quantitative estimate of drug-likeness (QED) is 0.518. The van der Waals surface area contributed by atoms with Crippen LogP contribution in [-0.2, 0) is 15.1 Å². The number of para-hydroxylation sites is 1. The molecule has 0 unspecified atom stereocenters. The van der Waals surface area contributed by atoms with E-state index < -0.39 is 12.1 Å². The number of esters is 1. The lowest BCUT2D eigenvalue weighted by Crippen LogP contribution is -2.30. The van der Waals surface area contributed by atoms with Gasteiger partial charge in [-0.25, -0.2) is 9.59 Å². The largest absolute Gasteiger partial charge is 0.493 e. The van der Waals surface area contributed by atoms with Crippen molar-refractivity contribution in [2.45, 2.75) is 59.3 Å². The molecule has 8 nitrogen and oxygen atoms in total. The van der Waals surface area contributed by atoms with Gasteiger partial charge in [-0.1, -0.05) is 12.1 Å². The Balaban J connectivity index is 0.000000762. The smallest absolute Gasteiger partial charge is 0.490 e. The number of aromatic nitrogens is 2. The molecule has 11 heteroatoms. The van der Waals surface area contributed by atoms with Gasteiger partial charge in [-0.15, -0.1) is 0 Å². The number of halogens is 3. The van der Waals surface area contributed by atoms with E-state index >= 15 is 0 Å². The van der Waals surface area contributed by atoms with Crippen LogP contribution in [0.5, 0.6) is 5.75 Å². The van der Waals surface area contributed by atoms with Crippen molar-refractivity contribution >= 4 is 11.9 Å². The first-order chi connectivity index (χ1) is 16.1. The van der Waals surface area contributed by atoms with Crippen molar-refractivity contribution in [1.82, 2.24) is 14.7 Å². The van der Waals surface area contributed by atoms with Gasteiger partial charge in [0.05, 0.1) is 12.1 Å². The number of carboxylic acid groups (broad SMARTS) is 1. The third-order valence-corrected chi connectivity index (χ3v) is 4.86. The van der Waals surface area contributed by atoms with E-state index in [-0.39, 0.29) is 11.5 Å². The van der Waals surface area contributed by atoms with E-state index in [1.54, 1.807) is 6.20 Å². The number of hydrogen-bond acceptors (Lipinski definition) is 6. The molecule has 0 fully saturated rings. The molecule has 2 aromatic rings. The Morgan fingerprint density at radius 3 is 2.23 bits per heavy atom. The molecule has 1 heterocycles. The molecule has 0 aliphatic carbocycles. The SMILES string of the molecule is CCOc1ccccc1-c1nn(C(C)(C)C)cc1C(=O)OCCN(C)C(C)C.O=C(O)C(F)(F)F. The number of hydrogen-bond donors (Lipinski definition) is 1. The van der Waals surface area contributed by atoms with Crippen LogP contribution in [0.2, 0.25) is 0 Å². The normalized spacial score (nSPS) is 11.8. The topological polar surface area (TPSA) is 93.9 Å². The van der Waals surface area contributed by atoms with E-state index in [0.717, 1.165) is 5.56 Å². The molecule has 0 radical (unpaired) electrons. The summed E-state index contributed by atoms with van der Waals surface area (Å²) >= 11 is 0. The van der Waals surface area contributed by atoms with Crippen molar-refractivity contribution < 1.29 is 37.3 Å². The Morgan fingerprint density at radius 2 is 1.74 bits per heavy atom. The number of alkyl halides is 3. The second kappa shape index (κ2) is 12.6. The van der Waals surface area contributed by atoms with Crippen LogP contribution >= 0.6 is 0 Å². The zero-order valence-corrected chi connectivity index (χ0v) is 21.1. The zero-order chi connectivity index (χ0) is 27.0. The molecule has 1 N–H and O–H groups in total. The summed E-state index contributed by atoms with van der Waals surface area (Å²) in [6.07, 6.45) is -3.31. The standard InChI is InChI=1S/C22H33N3O3.C2HF3O2/c1-8-27-19-12-10-9-11-17(19)20-18(15-25(23-20)22(4,5)6)21(26)28-14-13-24(7)16(2)3;3-2(4,5)1(6)7/h9-12,15-16H,8,13-14H2,1-7H3;(H,6,7). The van der Waals surface area contributed by atoms with Gasteiger partial charge in [0.25, 0.3) is 0 Å². The monoisotopic (exact) mass is 501 g/mol. The lowest BCUT2D eigenvalue weighted by molar-refractivity contribution is -0.192. The minimum absolute atomic E-state index is 0.258. The summed E-state index contributed by atoms with van der Waals surface area (Å²) in [4.78, 5) is 23.9. The molecular formula is C24H34F3N3O5. The van der Waals surface area contributed by atoms with Gasteiger partial charge in [0.1, 0.15) is 23.6 Å². The van der Waals surface area contributed by atoms with Crippen molar-refractivity contribution in [1.29, 1.82) is 0 Å². The molecule has 1 aromatic carbocycles. The zero-order valence-electron chi connectivity index (χ0n) is 21.1. The van der Waals surface area contributed by atoms with Crippen LogP contribution in [0.3, 0.4) is 0 Å². The van der Waals surface area contributed by atoms with Gasteiger partial charge in [-0.05, 0) is 60.7 Å². The van der Waals surface area contributed by atoms with E-state index in [9.17, 15) is 18.0 Å². The average molecular weight is 502 g/mol. The van der Waals surface area contributed by atoms with Crippen LogP contribution in [0.15, 0.2) is 30.5 Å². The lowest BCUT2D eigenvalue weighted by Gasteiger charge is -2.20. The van der Waals surface area contributed by atoms with Gasteiger partial charge in [-0.2, -0.15) is 18.3 Å². The minimum Gasteiger partial charge on any atom is -0.493 e. The first-order valence-electron chi connectivity index (χ1n) is 11.1. The number of carbonyl (C=O) groups is 2. The summed E-state index contributed by atoms with van der Waals surface area (Å²) in [5.41, 5.74) is 1.57. The third-order valence-electron chi connectivity index (χ3n) is 4.86. The summed E-state index contributed by atoms with van der Waals surface area (Å²) < 4.78 is 44.9. The Hall–Kier alpha value is -3.08. The molecule has 0 aliphatic rings. The second-order valence-electron chi connectivity index (χ2n) is 8.95. The van der Waals surface area contributed by atoms with Crippen molar-refractivity contribution in [3.63, 3.8) is 0 Å². The first-order valence-corrected chi connectivity index (χ1v) is 11.1. The lowest BCUT2D eigenvalue weighted by atomic mass is 10.1. The van der Waals surface area contributed by atoms with Crippen LogP contribution in [0, 0.1) is 0 Å². The summed E-state index contributed by atoms with van der Waals surface area (Å²) in [5, 5.41) is 11.8. The molecule has 0 aliphatic heterocycles. The average Bonchev–Trinajstić information content (AvgIpc) is 3.20. The molecule has 0 atom stereocenters. The number of benzene rings is 1. The maximum atomic E-state index is 12.9. The fraction of sp³-hybridized carbons (Fsp3) is 0.542. The highest BCUT2D eigenvalue weighted by atomic mass is 19.4. The van der Waals surface area contributed by atoms with Crippen LogP contribution in [0.25, 0.3) is 11.3 Å². The summed E-state index contributed by atoms with van der Waals surface area (Å²) in [6.45, 7) is 13.8. The predicted octanol–water partition coefficient (Wildman–Crippen LogP) is 4.83. The first kappa shape index (κ1) is 30.0. The Labute approximate surface area is 203 Å². The molecule has 1 aromatic heterocycles. The van der Waals surface area contributed by atoms with Gasteiger partial charge >= 0.3 is 18.1 Å². The van der Waals surface area contributed by atoms with Crippen LogP contribution in [0.1, 0.15) is 51.9 Å². The number of rotatable bonds is 8. The third kappa shape index (κ3) is 9.23.